The molecule has 130 valence electrons. The van der Waals surface area contributed by atoms with E-state index in [2.05, 4.69) is 56.1 Å². The van der Waals surface area contributed by atoms with Crippen molar-refractivity contribution < 1.29 is 4.79 Å². The van der Waals surface area contributed by atoms with Crippen molar-refractivity contribution in [1.29, 1.82) is 0 Å². The van der Waals surface area contributed by atoms with E-state index in [9.17, 15) is 4.79 Å². The van der Waals surface area contributed by atoms with Crippen molar-refractivity contribution >= 4 is 16.8 Å². The van der Waals surface area contributed by atoms with Crippen LogP contribution in [0.25, 0.3) is 10.9 Å². The second-order valence-corrected chi connectivity index (χ2v) is 7.73. The molecule has 0 fully saturated rings. The number of aromatic nitrogens is 1. The highest BCUT2D eigenvalue weighted by Gasteiger charge is 2.15. The number of hydrogen-bond donors (Lipinski definition) is 1. The predicted octanol–water partition coefficient (Wildman–Crippen LogP) is 4.67. The summed E-state index contributed by atoms with van der Waals surface area (Å²) in [6.45, 7) is 7.25. The molecule has 0 radical (unpaired) electrons. The Morgan fingerprint density at radius 3 is 2.40 bits per heavy atom. The van der Waals surface area contributed by atoms with Gasteiger partial charge in [0.15, 0.2) is 0 Å². The summed E-state index contributed by atoms with van der Waals surface area (Å²) in [7, 11) is 1.87. The standard InChI is InChI=1S/C22H26N2O/c1-22(2,3)18-11-9-16(10-12-18)15-24(4)21(25)13-17-14-23-20-8-6-5-7-19(17)20/h5-12,14,23H,13,15H2,1-4H3. The lowest BCUT2D eigenvalue weighted by atomic mass is 9.87. The highest BCUT2D eigenvalue weighted by atomic mass is 16.2. The van der Waals surface area contributed by atoms with Gasteiger partial charge in [0.1, 0.15) is 0 Å². The second kappa shape index (κ2) is 6.75. The van der Waals surface area contributed by atoms with E-state index in [-0.39, 0.29) is 11.3 Å². The molecule has 3 heteroatoms. The smallest absolute Gasteiger partial charge is 0.227 e. The third kappa shape index (κ3) is 3.93. The van der Waals surface area contributed by atoms with Gasteiger partial charge in [0, 0.05) is 30.7 Å². The topological polar surface area (TPSA) is 36.1 Å². The average molecular weight is 334 g/mol. The molecule has 0 aliphatic rings. The largest absolute Gasteiger partial charge is 0.361 e. The van der Waals surface area contributed by atoms with Crippen molar-refractivity contribution in [3.63, 3.8) is 0 Å². The van der Waals surface area contributed by atoms with E-state index in [1.165, 1.54) is 5.56 Å². The van der Waals surface area contributed by atoms with E-state index >= 15 is 0 Å². The summed E-state index contributed by atoms with van der Waals surface area (Å²) < 4.78 is 0. The van der Waals surface area contributed by atoms with Gasteiger partial charge in [-0.1, -0.05) is 63.2 Å². The number of hydrogen-bond acceptors (Lipinski definition) is 1. The van der Waals surface area contributed by atoms with Gasteiger partial charge in [0.2, 0.25) is 5.91 Å². The van der Waals surface area contributed by atoms with Crippen LogP contribution in [0.3, 0.4) is 0 Å². The fraction of sp³-hybridized carbons (Fsp3) is 0.318. The van der Waals surface area contributed by atoms with Gasteiger partial charge in [-0.05, 0) is 28.2 Å². The summed E-state index contributed by atoms with van der Waals surface area (Å²) in [6.07, 6.45) is 2.36. The number of rotatable bonds is 4. The summed E-state index contributed by atoms with van der Waals surface area (Å²) in [4.78, 5) is 17.6. The highest BCUT2D eigenvalue weighted by Crippen LogP contribution is 2.23. The number of carbonyl (C=O) groups is 1. The first-order chi connectivity index (χ1) is 11.8. The predicted molar refractivity (Wildman–Crippen MR) is 104 cm³/mol. The van der Waals surface area contributed by atoms with Gasteiger partial charge in [-0.15, -0.1) is 0 Å². The average Bonchev–Trinajstić information content (AvgIpc) is 2.97. The zero-order valence-electron chi connectivity index (χ0n) is 15.5. The van der Waals surface area contributed by atoms with E-state index in [1.807, 2.05) is 31.4 Å². The maximum absolute atomic E-state index is 12.6. The summed E-state index contributed by atoms with van der Waals surface area (Å²) in [5.74, 6) is 0.129. The number of likely N-dealkylation sites (N-methyl/N-ethyl adjacent to an activating group) is 1. The molecule has 0 spiro atoms. The Labute approximate surface area is 149 Å². The fourth-order valence-corrected chi connectivity index (χ4v) is 3.05. The molecule has 0 saturated heterocycles. The Balaban J connectivity index is 1.66. The van der Waals surface area contributed by atoms with E-state index in [0.717, 1.165) is 22.0 Å². The van der Waals surface area contributed by atoms with E-state index < -0.39 is 0 Å². The Morgan fingerprint density at radius 2 is 1.72 bits per heavy atom. The Morgan fingerprint density at radius 1 is 1.04 bits per heavy atom. The molecule has 0 saturated carbocycles. The molecule has 0 aliphatic heterocycles. The van der Waals surface area contributed by atoms with Crippen molar-refractivity contribution in [2.75, 3.05) is 7.05 Å². The quantitative estimate of drug-likeness (QED) is 0.740. The Hall–Kier alpha value is -2.55. The van der Waals surface area contributed by atoms with Crippen LogP contribution >= 0.6 is 0 Å². The number of nitrogens with zero attached hydrogens (tertiary/aromatic N) is 1. The molecule has 3 nitrogen and oxygen atoms in total. The Bertz CT molecular complexity index is 869. The number of para-hydroxylation sites is 1. The van der Waals surface area contributed by atoms with Gasteiger partial charge >= 0.3 is 0 Å². The van der Waals surface area contributed by atoms with Gasteiger partial charge in [0.25, 0.3) is 0 Å². The van der Waals surface area contributed by atoms with Gasteiger partial charge < -0.3 is 9.88 Å². The summed E-state index contributed by atoms with van der Waals surface area (Å²) in [5, 5.41) is 1.12. The normalized spacial score (nSPS) is 11.7. The third-order valence-electron chi connectivity index (χ3n) is 4.68. The van der Waals surface area contributed by atoms with Crippen molar-refractivity contribution in [3.05, 3.63) is 71.4 Å². The van der Waals surface area contributed by atoms with E-state index in [0.29, 0.717) is 13.0 Å². The lowest BCUT2D eigenvalue weighted by molar-refractivity contribution is -0.129. The molecule has 2 aromatic carbocycles. The number of H-pyrrole nitrogens is 1. The number of carbonyl (C=O) groups excluding carboxylic acids is 1. The van der Waals surface area contributed by atoms with Crippen molar-refractivity contribution in [2.45, 2.75) is 39.2 Å². The maximum Gasteiger partial charge on any atom is 0.227 e. The van der Waals surface area contributed by atoms with Crippen molar-refractivity contribution in [1.82, 2.24) is 9.88 Å². The first kappa shape index (κ1) is 17.3. The van der Waals surface area contributed by atoms with Crippen LogP contribution < -0.4 is 0 Å². The van der Waals surface area contributed by atoms with Crippen LogP contribution in [0.1, 0.15) is 37.5 Å². The minimum Gasteiger partial charge on any atom is -0.361 e. The molecular weight excluding hydrogens is 308 g/mol. The first-order valence-electron chi connectivity index (χ1n) is 8.73. The molecule has 0 unspecified atom stereocenters. The lowest BCUT2D eigenvalue weighted by Gasteiger charge is -2.21. The zero-order valence-corrected chi connectivity index (χ0v) is 15.5. The number of aromatic amines is 1. The van der Waals surface area contributed by atoms with Gasteiger partial charge in [0.05, 0.1) is 6.42 Å². The molecule has 3 aromatic rings. The lowest BCUT2D eigenvalue weighted by Crippen LogP contribution is -2.27. The second-order valence-electron chi connectivity index (χ2n) is 7.73. The molecule has 3 rings (SSSR count). The molecule has 1 amide bonds. The zero-order chi connectivity index (χ0) is 18.0. The SMILES string of the molecule is CN(Cc1ccc(C(C)(C)C)cc1)C(=O)Cc1c[nH]c2ccccc12. The minimum atomic E-state index is 0.129. The molecule has 25 heavy (non-hydrogen) atoms. The van der Waals surface area contributed by atoms with Crippen LogP contribution in [-0.4, -0.2) is 22.8 Å². The molecule has 0 atom stereocenters. The van der Waals surface area contributed by atoms with Gasteiger partial charge in [-0.3, -0.25) is 4.79 Å². The highest BCUT2D eigenvalue weighted by molar-refractivity contribution is 5.88. The number of fused-ring (bicyclic) bond motifs is 1. The molecule has 1 heterocycles. The maximum atomic E-state index is 12.6. The van der Waals surface area contributed by atoms with Crippen LogP contribution in [0.4, 0.5) is 0 Å². The summed E-state index contributed by atoms with van der Waals surface area (Å²) in [5.41, 5.74) is 4.74. The number of benzene rings is 2. The van der Waals surface area contributed by atoms with Crippen LogP contribution in [0.2, 0.25) is 0 Å². The molecule has 0 aliphatic carbocycles. The van der Waals surface area contributed by atoms with E-state index in [4.69, 9.17) is 0 Å². The fourth-order valence-electron chi connectivity index (χ4n) is 3.05. The Kier molecular flexibility index (Phi) is 4.67. The number of amides is 1. The van der Waals surface area contributed by atoms with Crippen LogP contribution in [0, 0.1) is 0 Å². The van der Waals surface area contributed by atoms with Crippen LogP contribution in [0.5, 0.6) is 0 Å². The first-order valence-corrected chi connectivity index (χ1v) is 8.73. The third-order valence-corrected chi connectivity index (χ3v) is 4.68. The summed E-state index contributed by atoms with van der Waals surface area (Å²) in [6, 6.07) is 16.7. The number of nitrogens with one attached hydrogen (secondary N) is 1. The van der Waals surface area contributed by atoms with Crippen molar-refractivity contribution in [3.8, 4) is 0 Å². The summed E-state index contributed by atoms with van der Waals surface area (Å²) >= 11 is 0. The van der Waals surface area contributed by atoms with Crippen molar-refractivity contribution in [2.24, 2.45) is 0 Å². The molecule has 0 bridgehead atoms. The van der Waals surface area contributed by atoms with Gasteiger partial charge in [-0.25, -0.2) is 0 Å². The molecule has 1 aromatic heterocycles. The van der Waals surface area contributed by atoms with E-state index in [1.54, 1.807) is 4.90 Å². The van der Waals surface area contributed by atoms with Gasteiger partial charge in [-0.2, -0.15) is 0 Å². The monoisotopic (exact) mass is 334 g/mol. The molecular formula is C22H26N2O. The molecule has 1 N–H and O–H groups in total. The van der Waals surface area contributed by atoms with Crippen LogP contribution in [0.15, 0.2) is 54.7 Å². The van der Waals surface area contributed by atoms with Crippen LogP contribution in [-0.2, 0) is 23.2 Å². The minimum absolute atomic E-state index is 0.129.